The minimum absolute atomic E-state index is 0.0732. The van der Waals surface area contributed by atoms with Crippen LogP contribution in [0, 0.1) is 5.41 Å². The first kappa shape index (κ1) is 13.8. The van der Waals surface area contributed by atoms with E-state index in [1.54, 1.807) is 6.07 Å². The van der Waals surface area contributed by atoms with Gasteiger partial charge in [-0.15, -0.1) is 0 Å². The highest BCUT2D eigenvalue weighted by Gasteiger charge is 2.21. The van der Waals surface area contributed by atoms with Crippen molar-refractivity contribution in [1.29, 1.82) is 0 Å². The fourth-order valence-electron chi connectivity index (χ4n) is 1.43. The van der Waals surface area contributed by atoms with Gasteiger partial charge in [-0.25, -0.2) is 0 Å². The van der Waals surface area contributed by atoms with Crippen molar-refractivity contribution in [3.05, 3.63) is 33.8 Å². The molecule has 16 heavy (non-hydrogen) atoms. The van der Waals surface area contributed by atoms with Gasteiger partial charge in [0.15, 0.2) is 0 Å². The molecule has 1 N–H and O–H groups in total. The molecular formula is C13H18Cl2O. The lowest BCUT2D eigenvalue weighted by atomic mass is 9.86. The zero-order valence-electron chi connectivity index (χ0n) is 9.93. The van der Waals surface area contributed by atoms with Crippen LogP contribution in [-0.2, 0) is 6.42 Å². The Morgan fingerprint density at radius 1 is 1.19 bits per heavy atom. The second-order valence-electron chi connectivity index (χ2n) is 5.17. The third kappa shape index (κ3) is 3.97. The van der Waals surface area contributed by atoms with Gasteiger partial charge in [-0.1, -0.05) is 50.0 Å². The smallest absolute Gasteiger partial charge is 0.0595 e. The van der Waals surface area contributed by atoms with E-state index in [4.69, 9.17) is 23.2 Å². The van der Waals surface area contributed by atoms with Crippen molar-refractivity contribution < 1.29 is 5.11 Å². The lowest BCUT2D eigenvalue weighted by Gasteiger charge is -2.25. The highest BCUT2D eigenvalue weighted by Crippen LogP contribution is 2.26. The maximum Gasteiger partial charge on any atom is 0.0595 e. The molecule has 1 unspecified atom stereocenters. The Morgan fingerprint density at radius 3 is 2.31 bits per heavy atom. The maximum atomic E-state index is 9.91. The van der Waals surface area contributed by atoms with E-state index in [1.165, 1.54) is 0 Å². The molecule has 1 atom stereocenters. The number of rotatable bonds is 3. The molecule has 90 valence electrons. The van der Waals surface area contributed by atoms with E-state index >= 15 is 0 Å². The summed E-state index contributed by atoms with van der Waals surface area (Å²) in [7, 11) is 0. The van der Waals surface area contributed by atoms with E-state index in [0.717, 1.165) is 18.4 Å². The van der Waals surface area contributed by atoms with Crippen LogP contribution < -0.4 is 0 Å². The largest absolute Gasteiger partial charge is 0.393 e. The predicted octanol–water partition coefficient (Wildman–Crippen LogP) is 4.33. The highest BCUT2D eigenvalue weighted by atomic mass is 35.5. The first-order valence-corrected chi connectivity index (χ1v) is 6.18. The Morgan fingerprint density at radius 2 is 1.81 bits per heavy atom. The van der Waals surface area contributed by atoms with Gasteiger partial charge in [0.1, 0.15) is 0 Å². The molecule has 3 heteroatoms. The molecule has 0 aliphatic carbocycles. The van der Waals surface area contributed by atoms with Gasteiger partial charge >= 0.3 is 0 Å². The highest BCUT2D eigenvalue weighted by molar-refractivity contribution is 6.42. The molecule has 1 aromatic rings. The Balaban J connectivity index is 2.58. The van der Waals surface area contributed by atoms with Crippen LogP contribution >= 0.6 is 23.2 Å². The molecule has 0 radical (unpaired) electrons. The molecule has 0 amide bonds. The molecule has 0 saturated heterocycles. The Bertz CT molecular complexity index is 355. The monoisotopic (exact) mass is 260 g/mol. The van der Waals surface area contributed by atoms with E-state index in [2.05, 4.69) is 0 Å². The van der Waals surface area contributed by atoms with Crippen LogP contribution in [0.3, 0.4) is 0 Å². The summed E-state index contributed by atoms with van der Waals surface area (Å²) < 4.78 is 0. The molecule has 0 aromatic heterocycles. The predicted molar refractivity (Wildman–Crippen MR) is 70.2 cm³/mol. The molecule has 0 saturated carbocycles. The molecule has 0 aliphatic heterocycles. The molecule has 0 fully saturated rings. The number of hydrogen-bond donors (Lipinski definition) is 1. The van der Waals surface area contributed by atoms with E-state index < -0.39 is 0 Å². The van der Waals surface area contributed by atoms with Crippen LogP contribution in [0.25, 0.3) is 0 Å². The van der Waals surface area contributed by atoms with E-state index in [1.807, 2.05) is 32.9 Å². The Hall–Kier alpha value is -0.240. The number of aryl methyl sites for hydroxylation is 1. The maximum absolute atomic E-state index is 9.91. The lowest BCUT2D eigenvalue weighted by Crippen LogP contribution is -2.26. The second kappa shape index (κ2) is 5.39. The van der Waals surface area contributed by atoms with Crippen molar-refractivity contribution in [3.8, 4) is 0 Å². The molecule has 1 aromatic carbocycles. The third-order valence-electron chi connectivity index (χ3n) is 2.69. The van der Waals surface area contributed by atoms with Crippen molar-refractivity contribution in [2.24, 2.45) is 5.41 Å². The van der Waals surface area contributed by atoms with Gasteiger partial charge in [-0.05, 0) is 36.0 Å². The molecular weight excluding hydrogens is 243 g/mol. The van der Waals surface area contributed by atoms with Crippen molar-refractivity contribution in [2.75, 3.05) is 0 Å². The lowest BCUT2D eigenvalue weighted by molar-refractivity contribution is 0.0560. The van der Waals surface area contributed by atoms with Gasteiger partial charge in [-0.2, -0.15) is 0 Å². The van der Waals surface area contributed by atoms with Crippen LogP contribution in [-0.4, -0.2) is 11.2 Å². The summed E-state index contributed by atoms with van der Waals surface area (Å²) in [6.45, 7) is 6.10. The quantitative estimate of drug-likeness (QED) is 0.858. The summed E-state index contributed by atoms with van der Waals surface area (Å²) >= 11 is 11.8. The number of halogens is 2. The van der Waals surface area contributed by atoms with Crippen molar-refractivity contribution in [2.45, 2.75) is 39.7 Å². The second-order valence-corrected chi connectivity index (χ2v) is 5.98. The summed E-state index contributed by atoms with van der Waals surface area (Å²) in [5.41, 5.74) is 1.04. The fraction of sp³-hybridized carbons (Fsp3) is 0.538. The number of hydrogen-bond acceptors (Lipinski definition) is 1. The van der Waals surface area contributed by atoms with Gasteiger partial charge in [-0.3, -0.25) is 0 Å². The zero-order valence-corrected chi connectivity index (χ0v) is 11.4. The number of benzene rings is 1. The summed E-state index contributed by atoms with van der Waals surface area (Å²) in [5.74, 6) is 0. The minimum atomic E-state index is -0.304. The number of aliphatic hydroxyl groups excluding tert-OH is 1. The average Bonchev–Trinajstić information content (AvgIpc) is 2.18. The molecule has 1 nitrogen and oxygen atoms in total. The van der Waals surface area contributed by atoms with Crippen molar-refractivity contribution in [1.82, 2.24) is 0 Å². The topological polar surface area (TPSA) is 20.2 Å². The van der Waals surface area contributed by atoms with E-state index in [9.17, 15) is 5.11 Å². The summed E-state index contributed by atoms with van der Waals surface area (Å²) in [4.78, 5) is 0. The zero-order chi connectivity index (χ0) is 12.3. The SMILES string of the molecule is CC(C)(C)C(O)CCc1ccc(Cl)c(Cl)c1. The van der Waals surface area contributed by atoms with Gasteiger partial charge in [0.2, 0.25) is 0 Å². The third-order valence-corrected chi connectivity index (χ3v) is 3.43. The Kier molecular flexibility index (Phi) is 4.66. The molecule has 0 spiro atoms. The van der Waals surface area contributed by atoms with Gasteiger partial charge in [0.25, 0.3) is 0 Å². The molecule has 0 bridgehead atoms. The van der Waals surface area contributed by atoms with E-state index in [0.29, 0.717) is 10.0 Å². The number of aliphatic hydroxyl groups is 1. The van der Waals surface area contributed by atoms with Gasteiger partial charge in [0.05, 0.1) is 16.1 Å². The summed E-state index contributed by atoms with van der Waals surface area (Å²) in [6.07, 6.45) is 1.25. The van der Waals surface area contributed by atoms with Crippen LogP contribution in [0.5, 0.6) is 0 Å². The van der Waals surface area contributed by atoms with Crippen LogP contribution in [0.1, 0.15) is 32.8 Å². The molecule has 0 aliphatic rings. The molecule has 1 rings (SSSR count). The normalized spacial score (nSPS) is 13.9. The summed E-state index contributed by atoms with van der Waals surface area (Å²) in [5, 5.41) is 11.1. The van der Waals surface area contributed by atoms with Crippen LogP contribution in [0.15, 0.2) is 18.2 Å². The fourth-order valence-corrected chi connectivity index (χ4v) is 1.75. The minimum Gasteiger partial charge on any atom is -0.393 e. The summed E-state index contributed by atoms with van der Waals surface area (Å²) in [6, 6.07) is 5.60. The first-order chi connectivity index (χ1) is 7.30. The van der Waals surface area contributed by atoms with E-state index in [-0.39, 0.29) is 11.5 Å². The molecule has 0 heterocycles. The van der Waals surface area contributed by atoms with Crippen LogP contribution in [0.2, 0.25) is 10.0 Å². The van der Waals surface area contributed by atoms with Crippen molar-refractivity contribution in [3.63, 3.8) is 0 Å². The first-order valence-electron chi connectivity index (χ1n) is 5.42. The standard InChI is InChI=1S/C13H18Cl2O/c1-13(2,3)12(16)7-5-9-4-6-10(14)11(15)8-9/h4,6,8,12,16H,5,7H2,1-3H3. The van der Waals surface area contributed by atoms with Gasteiger partial charge in [0, 0.05) is 0 Å². The van der Waals surface area contributed by atoms with Gasteiger partial charge < -0.3 is 5.11 Å². The Labute approximate surface area is 107 Å². The van der Waals surface area contributed by atoms with Crippen molar-refractivity contribution >= 4 is 23.2 Å². The average molecular weight is 261 g/mol. The van der Waals surface area contributed by atoms with Crippen LogP contribution in [0.4, 0.5) is 0 Å².